The Bertz CT molecular complexity index is 766. The predicted molar refractivity (Wildman–Crippen MR) is 103 cm³/mol. The summed E-state index contributed by atoms with van der Waals surface area (Å²) in [5.41, 5.74) is -0.109. The topological polar surface area (TPSA) is 96.2 Å². The molecule has 2 unspecified atom stereocenters. The van der Waals surface area contributed by atoms with Crippen LogP contribution < -0.4 is 5.32 Å². The zero-order chi connectivity index (χ0) is 19.9. The maximum absolute atomic E-state index is 13.2. The first-order chi connectivity index (χ1) is 12.9. The van der Waals surface area contributed by atoms with Gasteiger partial charge in [-0.05, 0) is 24.3 Å². The Hall–Kier alpha value is -1.40. The van der Waals surface area contributed by atoms with E-state index in [0.717, 1.165) is 0 Å². The monoisotopic (exact) mass is 417 g/mol. The van der Waals surface area contributed by atoms with Crippen molar-refractivity contribution in [2.45, 2.75) is 17.9 Å². The molecule has 1 aromatic heterocycles. The summed E-state index contributed by atoms with van der Waals surface area (Å²) in [6, 6.07) is 12.5. The van der Waals surface area contributed by atoms with Crippen LogP contribution in [0.3, 0.4) is 0 Å². The predicted octanol–water partition coefficient (Wildman–Crippen LogP) is 5.12. The van der Waals surface area contributed by atoms with Gasteiger partial charge in [0.25, 0.3) is 0 Å². The van der Waals surface area contributed by atoms with Gasteiger partial charge in [-0.1, -0.05) is 18.2 Å². The van der Waals surface area contributed by atoms with Crippen LogP contribution in [0.25, 0.3) is 0 Å². The van der Waals surface area contributed by atoms with Crippen molar-refractivity contribution in [3.63, 3.8) is 0 Å². The molecular formula is C17H25NO7P2. The highest BCUT2D eigenvalue weighted by Crippen LogP contribution is 2.65. The summed E-state index contributed by atoms with van der Waals surface area (Å²) in [4.78, 5) is 0. The average molecular weight is 417 g/mol. The Labute approximate surface area is 159 Å². The van der Waals surface area contributed by atoms with Crippen molar-refractivity contribution < 1.29 is 31.6 Å². The molecule has 1 aromatic carbocycles. The molecule has 0 aliphatic heterocycles. The normalized spacial score (nSPS) is 14.7. The molecule has 27 heavy (non-hydrogen) atoms. The van der Waals surface area contributed by atoms with E-state index < -0.39 is 26.6 Å². The van der Waals surface area contributed by atoms with E-state index in [1.165, 1.54) is 34.7 Å². The number of rotatable bonds is 11. The molecule has 150 valence electrons. The molecule has 2 rings (SSSR count). The van der Waals surface area contributed by atoms with Crippen LogP contribution in [0.2, 0.25) is 0 Å². The van der Waals surface area contributed by atoms with Crippen LogP contribution in [-0.2, 0) is 27.2 Å². The Balaban J connectivity index is 2.43. The number of furan rings is 1. The Morgan fingerprint density at radius 1 is 0.889 bits per heavy atom. The lowest BCUT2D eigenvalue weighted by Gasteiger charge is -2.30. The molecule has 0 fully saturated rings. The molecule has 10 heteroatoms. The van der Waals surface area contributed by atoms with Crippen LogP contribution in [0, 0.1) is 0 Å². The molecular weight excluding hydrogens is 392 g/mol. The minimum Gasteiger partial charge on any atom is -0.468 e. The first-order valence-corrected chi connectivity index (χ1v) is 11.4. The van der Waals surface area contributed by atoms with E-state index in [4.69, 9.17) is 22.5 Å². The van der Waals surface area contributed by atoms with E-state index in [1.54, 1.807) is 12.1 Å². The number of para-hydroxylation sites is 1. The summed E-state index contributed by atoms with van der Waals surface area (Å²) < 4.78 is 52.5. The molecule has 1 heterocycles. The van der Waals surface area contributed by atoms with Crippen LogP contribution in [0.15, 0.2) is 53.1 Å². The lowest BCUT2D eigenvalue weighted by atomic mass is 10.2. The highest BCUT2D eigenvalue weighted by Gasteiger charge is 2.44. The van der Waals surface area contributed by atoms with Gasteiger partial charge in [-0.25, -0.2) is 0 Å². The van der Waals surface area contributed by atoms with E-state index >= 15 is 0 Å². The summed E-state index contributed by atoms with van der Waals surface area (Å²) in [6.07, 6.45) is 1.52. The fraction of sp³-hybridized carbons (Fsp3) is 0.412. The molecule has 0 saturated heterocycles. The third kappa shape index (κ3) is 5.11. The standard InChI is InChI=1S/C17H25NO7P2/c1-21-26(19,22-2)16(15-11-8-12-25-15)13-17(27(20,23-3)24-4)18-14-9-6-5-7-10-14/h5-12,16-18H,13H2,1-4H3. The summed E-state index contributed by atoms with van der Waals surface area (Å²) in [7, 11) is -1.98. The van der Waals surface area contributed by atoms with Crippen molar-refractivity contribution in [1.82, 2.24) is 0 Å². The van der Waals surface area contributed by atoms with Gasteiger partial charge in [-0.3, -0.25) is 9.13 Å². The van der Waals surface area contributed by atoms with E-state index in [1.807, 2.05) is 30.3 Å². The van der Waals surface area contributed by atoms with Crippen LogP contribution >= 0.6 is 15.2 Å². The molecule has 0 spiro atoms. The van der Waals surface area contributed by atoms with E-state index in [9.17, 15) is 9.13 Å². The van der Waals surface area contributed by atoms with Crippen LogP contribution in [0.5, 0.6) is 0 Å². The molecule has 0 radical (unpaired) electrons. The first kappa shape index (κ1) is 21.9. The van der Waals surface area contributed by atoms with Gasteiger partial charge in [0.05, 0.1) is 6.26 Å². The molecule has 0 aliphatic rings. The van der Waals surface area contributed by atoms with Crippen molar-refractivity contribution >= 4 is 20.9 Å². The third-order valence-corrected chi connectivity index (χ3v) is 8.57. The molecule has 2 aromatic rings. The second-order valence-electron chi connectivity index (χ2n) is 5.60. The smallest absolute Gasteiger partial charge is 0.352 e. The highest BCUT2D eigenvalue weighted by molar-refractivity contribution is 7.55. The number of anilines is 1. The van der Waals surface area contributed by atoms with Gasteiger partial charge >= 0.3 is 15.2 Å². The zero-order valence-corrected chi connectivity index (χ0v) is 17.5. The van der Waals surface area contributed by atoms with Crippen molar-refractivity contribution in [1.29, 1.82) is 0 Å². The summed E-state index contributed by atoms with van der Waals surface area (Å²) in [5, 5.41) is 3.15. The molecule has 1 N–H and O–H groups in total. The van der Waals surface area contributed by atoms with Gasteiger partial charge in [0.1, 0.15) is 17.2 Å². The Morgan fingerprint density at radius 3 is 1.96 bits per heavy atom. The van der Waals surface area contributed by atoms with Crippen LogP contribution in [-0.4, -0.2) is 34.2 Å². The quantitative estimate of drug-likeness (QED) is 0.503. The number of hydrogen-bond donors (Lipinski definition) is 1. The molecule has 0 aliphatic carbocycles. The van der Waals surface area contributed by atoms with E-state index in [-0.39, 0.29) is 6.42 Å². The van der Waals surface area contributed by atoms with Crippen LogP contribution in [0.1, 0.15) is 17.8 Å². The maximum Gasteiger partial charge on any atom is 0.352 e. The minimum absolute atomic E-state index is 0.0559. The van der Waals surface area contributed by atoms with Crippen molar-refractivity contribution in [2.75, 3.05) is 33.8 Å². The van der Waals surface area contributed by atoms with Crippen LogP contribution in [0.4, 0.5) is 5.69 Å². The first-order valence-electron chi connectivity index (χ1n) is 8.19. The fourth-order valence-electron chi connectivity index (χ4n) is 2.75. The molecule has 0 saturated carbocycles. The summed E-state index contributed by atoms with van der Waals surface area (Å²) in [6.45, 7) is 0. The average Bonchev–Trinajstić information content (AvgIpc) is 3.25. The molecule has 0 bridgehead atoms. The maximum atomic E-state index is 13.2. The van der Waals surface area contributed by atoms with Crippen molar-refractivity contribution in [3.05, 3.63) is 54.5 Å². The van der Waals surface area contributed by atoms with Gasteiger partial charge in [0, 0.05) is 40.5 Å². The lowest BCUT2D eigenvalue weighted by molar-refractivity contribution is 0.251. The summed E-state index contributed by atoms with van der Waals surface area (Å²) in [5.74, 6) is -0.440. The largest absolute Gasteiger partial charge is 0.468 e. The molecule has 0 amide bonds. The highest BCUT2D eigenvalue weighted by atomic mass is 31.2. The fourth-order valence-corrected chi connectivity index (χ4v) is 5.93. The zero-order valence-electron chi connectivity index (χ0n) is 15.7. The van der Waals surface area contributed by atoms with Crippen molar-refractivity contribution in [3.8, 4) is 0 Å². The molecule has 8 nitrogen and oxygen atoms in total. The third-order valence-electron chi connectivity index (χ3n) is 4.21. The Morgan fingerprint density at radius 2 is 1.48 bits per heavy atom. The summed E-state index contributed by atoms with van der Waals surface area (Å²) >= 11 is 0. The van der Waals surface area contributed by atoms with Gasteiger partial charge < -0.3 is 27.8 Å². The number of nitrogens with one attached hydrogen (secondary N) is 1. The van der Waals surface area contributed by atoms with Gasteiger partial charge in [-0.2, -0.15) is 0 Å². The SMILES string of the molecule is COP(=O)(OC)C(CC(c1ccco1)P(=O)(OC)OC)Nc1ccccc1. The van der Waals surface area contributed by atoms with E-state index in [0.29, 0.717) is 11.4 Å². The minimum atomic E-state index is -3.60. The lowest BCUT2D eigenvalue weighted by Crippen LogP contribution is -2.24. The second kappa shape index (κ2) is 9.69. The van der Waals surface area contributed by atoms with Gasteiger partial charge in [0.15, 0.2) is 0 Å². The van der Waals surface area contributed by atoms with E-state index in [2.05, 4.69) is 5.32 Å². The van der Waals surface area contributed by atoms with Gasteiger partial charge in [-0.15, -0.1) is 0 Å². The van der Waals surface area contributed by atoms with Crippen molar-refractivity contribution in [2.24, 2.45) is 0 Å². The number of hydrogen-bond acceptors (Lipinski definition) is 8. The second-order valence-corrected chi connectivity index (χ2v) is 10.5. The Kier molecular flexibility index (Phi) is 7.86. The molecule has 2 atom stereocenters. The number of benzene rings is 1. The van der Waals surface area contributed by atoms with Gasteiger partial charge in [0.2, 0.25) is 0 Å².